The van der Waals surface area contributed by atoms with Crippen molar-refractivity contribution in [1.82, 2.24) is 10.2 Å². The van der Waals surface area contributed by atoms with Crippen LogP contribution in [0.5, 0.6) is 0 Å². The Kier molecular flexibility index (Phi) is 5.96. The van der Waals surface area contributed by atoms with E-state index in [1.54, 1.807) is 0 Å². The fourth-order valence-electron chi connectivity index (χ4n) is 4.51. The van der Waals surface area contributed by atoms with Crippen LogP contribution in [0.3, 0.4) is 0 Å². The fourth-order valence-corrected chi connectivity index (χ4v) is 4.51. The van der Waals surface area contributed by atoms with Gasteiger partial charge in [0.2, 0.25) is 5.91 Å². The quantitative estimate of drug-likeness (QED) is 0.801. The Hall–Kier alpha value is -2.33. The smallest absolute Gasteiger partial charge is 0.220 e. The molecule has 2 heterocycles. The van der Waals surface area contributed by atoms with Crippen molar-refractivity contribution in [3.63, 3.8) is 0 Å². The second kappa shape index (κ2) is 8.78. The number of likely N-dealkylation sites (N-methyl/N-ethyl adjacent to an activating group) is 1. The Morgan fingerprint density at radius 2 is 1.86 bits per heavy atom. The van der Waals surface area contributed by atoms with E-state index in [2.05, 4.69) is 52.5 Å². The molecule has 4 rings (SSSR count). The van der Waals surface area contributed by atoms with E-state index in [1.807, 2.05) is 18.2 Å². The standard InChI is InChI=1S/C24H31N3O/c1-26-16-13-21-17-20(10-11-22(21)26)23(27-14-5-6-15-27)18-25-24(28)12-9-19-7-3-2-4-8-19/h2-4,7-8,10-11,17,23H,5-6,9,12-16,18H2,1H3,(H,25,28)/t23-/m1/s1. The van der Waals surface area contributed by atoms with E-state index in [4.69, 9.17) is 0 Å². The van der Waals surface area contributed by atoms with Gasteiger partial charge in [0, 0.05) is 32.2 Å². The first-order valence-electron chi connectivity index (χ1n) is 10.6. The van der Waals surface area contributed by atoms with Crippen LogP contribution in [0.25, 0.3) is 0 Å². The van der Waals surface area contributed by atoms with E-state index < -0.39 is 0 Å². The van der Waals surface area contributed by atoms with Gasteiger partial charge in [0.25, 0.3) is 0 Å². The molecular weight excluding hydrogens is 346 g/mol. The van der Waals surface area contributed by atoms with Crippen molar-refractivity contribution >= 4 is 11.6 Å². The number of likely N-dealkylation sites (tertiary alicyclic amines) is 1. The first-order valence-corrected chi connectivity index (χ1v) is 10.6. The molecule has 28 heavy (non-hydrogen) atoms. The van der Waals surface area contributed by atoms with Gasteiger partial charge in [-0.2, -0.15) is 0 Å². The lowest BCUT2D eigenvalue weighted by Gasteiger charge is -2.29. The summed E-state index contributed by atoms with van der Waals surface area (Å²) in [5, 5.41) is 3.21. The fraction of sp³-hybridized carbons (Fsp3) is 0.458. The maximum Gasteiger partial charge on any atom is 0.220 e. The summed E-state index contributed by atoms with van der Waals surface area (Å²) < 4.78 is 0. The minimum Gasteiger partial charge on any atom is -0.374 e. The molecule has 2 aliphatic rings. The number of fused-ring (bicyclic) bond motifs is 1. The molecule has 0 unspecified atom stereocenters. The number of nitrogens with one attached hydrogen (secondary N) is 1. The molecule has 2 aliphatic heterocycles. The topological polar surface area (TPSA) is 35.6 Å². The molecule has 0 spiro atoms. The zero-order chi connectivity index (χ0) is 19.3. The zero-order valence-corrected chi connectivity index (χ0v) is 16.9. The number of rotatable bonds is 7. The van der Waals surface area contributed by atoms with Gasteiger partial charge < -0.3 is 10.2 Å². The highest BCUT2D eigenvalue weighted by molar-refractivity contribution is 5.76. The third kappa shape index (κ3) is 4.39. The SMILES string of the molecule is CN1CCc2cc([C@@H](CNC(=O)CCc3ccccc3)N3CCCC3)ccc21. The van der Waals surface area contributed by atoms with E-state index in [-0.39, 0.29) is 11.9 Å². The maximum absolute atomic E-state index is 12.5. The lowest BCUT2D eigenvalue weighted by molar-refractivity contribution is -0.121. The molecule has 148 valence electrons. The number of nitrogens with zero attached hydrogens (tertiary/aromatic N) is 2. The van der Waals surface area contributed by atoms with Crippen LogP contribution in [0, 0.1) is 0 Å². The number of amides is 1. The molecule has 1 N–H and O–H groups in total. The summed E-state index contributed by atoms with van der Waals surface area (Å²) >= 11 is 0. The van der Waals surface area contributed by atoms with Gasteiger partial charge in [-0.15, -0.1) is 0 Å². The van der Waals surface area contributed by atoms with E-state index in [1.165, 1.54) is 35.2 Å². The van der Waals surface area contributed by atoms with Crippen LogP contribution in [0.1, 0.15) is 42.0 Å². The molecule has 2 aromatic carbocycles. The molecule has 0 aromatic heterocycles. The van der Waals surface area contributed by atoms with E-state index >= 15 is 0 Å². The largest absolute Gasteiger partial charge is 0.374 e. The number of hydrogen-bond donors (Lipinski definition) is 1. The molecule has 2 aromatic rings. The van der Waals surface area contributed by atoms with Crippen molar-refractivity contribution < 1.29 is 4.79 Å². The second-order valence-electron chi connectivity index (χ2n) is 8.11. The lowest BCUT2D eigenvalue weighted by Crippen LogP contribution is -2.37. The predicted molar refractivity (Wildman–Crippen MR) is 115 cm³/mol. The molecule has 1 saturated heterocycles. The highest BCUT2D eigenvalue weighted by Crippen LogP contribution is 2.32. The van der Waals surface area contributed by atoms with Crippen molar-refractivity contribution in [3.05, 3.63) is 65.2 Å². The Balaban J connectivity index is 1.40. The molecular formula is C24H31N3O. The molecule has 0 saturated carbocycles. The highest BCUT2D eigenvalue weighted by atomic mass is 16.1. The van der Waals surface area contributed by atoms with Gasteiger partial charge in [0.1, 0.15) is 0 Å². The number of carbonyl (C=O) groups is 1. The third-order valence-corrected chi connectivity index (χ3v) is 6.17. The average Bonchev–Trinajstić information content (AvgIpc) is 3.38. The Bertz CT molecular complexity index is 799. The molecule has 1 atom stereocenters. The number of benzene rings is 2. The average molecular weight is 378 g/mol. The normalized spacial score (nSPS) is 17.5. The summed E-state index contributed by atoms with van der Waals surface area (Å²) in [7, 11) is 2.16. The minimum atomic E-state index is 0.147. The maximum atomic E-state index is 12.5. The molecule has 0 aliphatic carbocycles. The van der Waals surface area contributed by atoms with Crippen molar-refractivity contribution in [3.8, 4) is 0 Å². The minimum absolute atomic E-state index is 0.147. The van der Waals surface area contributed by atoms with Gasteiger partial charge in [-0.1, -0.05) is 42.5 Å². The van der Waals surface area contributed by atoms with Gasteiger partial charge in [-0.25, -0.2) is 0 Å². The van der Waals surface area contributed by atoms with E-state index in [0.717, 1.165) is 32.5 Å². The molecule has 1 amide bonds. The van der Waals surface area contributed by atoms with Crippen molar-refractivity contribution in [1.29, 1.82) is 0 Å². The summed E-state index contributed by atoms with van der Waals surface area (Å²) in [5.41, 5.74) is 5.37. The summed E-state index contributed by atoms with van der Waals surface area (Å²) in [6.45, 7) is 4.05. The van der Waals surface area contributed by atoms with Crippen molar-refractivity contribution in [2.45, 2.75) is 38.1 Å². The number of anilines is 1. The number of aryl methyl sites for hydroxylation is 1. The van der Waals surface area contributed by atoms with Crippen LogP contribution in [-0.2, 0) is 17.6 Å². The Labute approximate surface area is 168 Å². The summed E-state index contributed by atoms with van der Waals surface area (Å²) in [5.74, 6) is 0.147. The van der Waals surface area contributed by atoms with Crippen LogP contribution in [0.2, 0.25) is 0 Å². The van der Waals surface area contributed by atoms with Gasteiger partial charge in [-0.3, -0.25) is 9.69 Å². The molecule has 0 radical (unpaired) electrons. The highest BCUT2D eigenvalue weighted by Gasteiger charge is 2.26. The van der Waals surface area contributed by atoms with Crippen LogP contribution in [0.4, 0.5) is 5.69 Å². The molecule has 4 nitrogen and oxygen atoms in total. The van der Waals surface area contributed by atoms with Crippen LogP contribution < -0.4 is 10.2 Å². The van der Waals surface area contributed by atoms with E-state index in [9.17, 15) is 4.79 Å². The Morgan fingerprint density at radius 3 is 2.64 bits per heavy atom. The monoisotopic (exact) mass is 377 g/mol. The second-order valence-corrected chi connectivity index (χ2v) is 8.11. The van der Waals surface area contributed by atoms with Gasteiger partial charge >= 0.3 is 0 Å². The van der Waals surface area contributed by atoms with Crippen LogP contribution in [-0.4, -0.2) is 44.0 Å². The lowest BCUT2D eigenvalue weighted by atomic mass is 10.0. The van der Waals surface area contributed by atoms with Crippen LogP contribution in [0.15, 0.2) is 48.5 Å². The number of carbonyl (C=O) groups excluding carboxylic acids is 1. The van der Waals surface area contributed by atoms with Crippen molar-refractivity contribution in [2.24, 2.45) is 0 Å². The van der Waals surface area contributed by atoms with Gasteiger partial charge in [0.15, 0.2) is 0 Å². The summed E-state index contributed by atoms with van der Waals surface area (Å²) in [4.78, 5) is 17.3. The zero-order valence-electron chi connectivity index (χ0n) is 16.9. The van der Waals surface area contributed by atoms with Gasteiger partial charge in [0.05, 0.1) is 6.04 Å². The first-order chi connectivity index (χ1) is 13.7. The Morgan fingerprint density at radius 1 is 1.07 bits per heavy atom. The number of hydrogen-bond acceptors (Lipinski definition) is 3. The third-order valence-electron chi connectivity index (χ3n) is 6.17. The molecule has 0 bridgehead atoms. The summed E-state index contributed by atoms with van der Waals surface area (Å²) in [6, 6.07) is 17.4. The first kappa shape index (κ1) is 19.0. The summed E-state index contributed by atoms with van der Waals surface area (Å²) in [6.07, 6.45) is 4.98. The van der Waals surface area contributed by atoms with Crippen molar-refractivity contribution in [2.75, 3.05) is 38.1 Å². The van der Waals surface area contributed by atoms with Gasteiger partial charge in [-0.05, 0) is 61.5 Å². The predicted octanol–water partition coefficient (Wildman–Crippen LogP) is 3.56. The van der Waals surface area contributed by atoms with E-state index in [0.29, 0.717) is 13.0 Å². The molecule has 4 heteroatoms. The molecule has 1 fully saturated rings. The van der Waals surface area contributed by atoms with Crippen LogP contribution >= 0.6 is 0 Å².